The lowest BCUT2D eigenvalue weighted by Gasteiger charge is -2.48. The lowest BCUT2D eigenvalue weighted by atomic mass is 9.73. The molecule has 0 saturated carbocycles. The minimum Gasteiger partial charge on any atom is -0.396 e. The van der Waals surface area contributed by atoms with Gasteiger partial charge >= 0.3 is 0 Å². The Morgan fingerprint density at radius 3 is 0.843 bits per heavy atom. The number of likely N-dealkylation sites (tertiary alicyclic amines) is 4. The smallest absolute Gasteiger partial charge is 0.141 e. The van der Waals surface area contributed by atoms with Gasteiger partial charge in [-0.2, -0.15) is 0 Å². The molecule has 1 N–H and O–H groups in total. The number of hydrogen-bond donors (Lipinski definition) is 1. The fourth-order valence-electron chi connectivity index (χ4n) is 9.54. The van der Waals surface area contributed by atoms with Crippen LogP contribution in [-0.4, -0.2) is 114 Å². The van der Waals surface area contributed by atoms with Crippen molar-refractivity contribution in [2.75, 3.05) is 34.8 Å². The predicted molar refractivity (Wildman–Crippen MR) is 227 cm³/mol. The maximum atomic E-state index is 11.7. The van der Waals surface area contributed by atoms with Crippen molar-refractivity contribution in [2.45, 2.75) is 188 Å². The quantitative estimate of drug-likeness (QED) is 0.291. The molecule has 4 saturated heterocycles. The third-order valence-electron chi connectivity index (χ3n) is 16.9. The van der Waals surface area contributed by atoms with Gasteiger partial charge in [-0.25, -0.2) is 0 Å². The number of ketones is 1. The van der Waals surface area contributed by atoms with Gasteiger partial charge in [0.25, 0.3) is 0 Å². The number of carbonyl (C=O) groups excluding carboxylic acids is 1. The summed E-state index contributed by atoms with van der Waals surface area (Å²) in [5.74, 6) is 7.64. The van der Waals surface area contributed by atoms with Gasteiger partial charge in [-0.05, 0) is 131 Å². The predicted octanol–water partition coefficient (Wildman–Crippen LogP) is 9.65. The van der Waals surface area contributed by atoms with E-state index in [4.69, 9.17) is 0 Å². The van der Waals surface area contributed by atoms with Crippen molar-refractivity contribution in [3.63, 3.8) is 0 Å². The summed E-state index contributed by atoms with van der Waals surface area (Å²) in [5, 5.41) is 9.33. The van der Waals surface area contributed by atoms with Gasteiger partial charge in [0.15, 0.2) is 0 Å². The summed E-state index contributed by atoms with van der Waals surface area (Å²) in [6.07, 6.45) is 0. The SMILES string of the molecule is C.C.CC1C(=O)C(C)C(C)N(C)C1C.CC1C(C)C(C)N(C)C(C)C1C.CC1C(C)[C@@H](CO)C(C)N(C)C1C.CC1C(C)[C@H](C)C(C)N(C)C1C. The average molecular weight is 725 g/mol. The van der Waals surface area contributed by atoms with E-state index in [2.05, 4.69) is 159 Å². The number of nitrogens with zero attached hydrogens (tertiary/aromatic N) is 4. The van der Waals surface area contributed by atoms with E-state index in [0.29, 0.717) is 54.3 Å². The molecular formula is C45H96N4O2. The molecule has 0 bridgehead atoms. The van der Waals surface area contributed by atoms with Crippen molar-refractivity contribution in [3.05, 3.63) is 0 Å². The van der Waals surface area contributed by atoms with Crippen LogP contribution >= 0.6 is 0 Å². The zero-order valence-electron chi connectivity index (χ0n) is 36.8. The molecule has 0 amide bonds. The molecule has 16 unspecified atom stereocenters. The summed E-state index contributed by atoms with van der Waals surface area (Å²) in [4.78, 5) is 21.4. The summed E-state index contributed by atoms with van der Waals surface area (Å²) in [6, 6.07) is 4.89. The van der Waals surface area contributed by atoms with E-state index in [1.165, 1.54) is 0 Å². The zero-order valence-corrected chi connectivity index (χ0v) is 36.8. The maximum absolute atomic E-state index is 11.7. The molecule has 51 heavy (non-hydrogen) atoms. The van der Waals surface area contributed by atoms with Gasteiger partial charge in [0.05, 0.1) is 0 Å². The van der Waals surface area contributed by atoms with Crippen LogP contribution in [0.25, 0.3) is 0 Å². The van der Waals surface area contributed by atoms with Gasteiger partial charge in [-0.1, -0.05) is 84.1 Å². The van der Waals surface area contributed by atoms with E-state index in [-0.39, 0.29) is 26.7 Å². The van der Waals surface area contributed by atoms with Crippen molar-refractivity contribution < 1.29 is 9.90 Å². The molecule has 4 rings (SSSR count). The Kier molecular flexibility index (Phi) is 22.8. The minimum atomic E-state index is 0. The number of aliphatic hydroxyl groups is 1. The molecule has 4 aliphatic rings. The van der Waals surface area contributed by atoms with Gasteiger partial charge in [-0.15, -0.1) is 0 Å². The van der Waals surface area contributed by atoms with Crippen molar-refractivity contribution in [1.82, 2.24) is 19.6 Å². The molecule has 0 aromatic carbocycles. The molecule has 4 fully saturated rings. The maximum Gasteiger partial charge on any atom is 0.141 e. The van der Waals surface area contributed by atoms with Crippen molar-refractivity contribution in [2.24, 2.45) is 65.1 Å². The Balaban J connectivity index is 0. The third-order valence-corrected chi connectivity index (χ3v) is 16.9. The Labute approximate surface area is 322 Å². The zero-order chi connectivity index (χ0) is 38.6. The van der Waals surface area contributed by atoms with E-state index in [1.54, 1.807) is 0 Å². The molecule has 18 atom stereocenters. The van der Waals surface area contributed by atoms with Gasteiger partial charge in [0.1, 0.15) is 5.78 Å². The lowest BCUT2D eigenvalue weighted by Crippen LogP contribution is -2.54. The van der Waals surface area contributed by atoms with Gasteiger partial charge < -0.3 is 19.8 Å². The van der Waals surface area contributed by atoms with E-state index in [1.807, 2.05) is 13.8 Å². The summed E-state index contributed by atoms with van der Waals surface area (Å²) < 4.78 is 0. The number of hydrogen-bond acceptors (Lipinski definition) is 6. The van der Waals surface area contributed by atoms with E-state index in [0.717, 1.165) is 59.7 Å². The van der Waals surface area contributed by atoms with E-state index >= 15 is 0 Å². The van der Waals surface area contributed by atoms with Crippen LogP contribution in [0.3, 0.4) is 0 Å². The highest BCUT2D eigenvalue weighted by Crippen LogP contribution is 2.37. The fourth-order valence-corrected chi connectivity index (χ4v) is 9.54. The second-order valence-corrected chi connectivity index (χ2v) is 18.3. The number of piperidine rings is 4. The van der Waals surface area contributed by atoms with Crippen LogP contribution in [0.4, 0.5) is 0 Å². The summed E-state index contributed by atoms with van der Waals surface area (Å²) in [7, 11) is 8.79. The number of Topliss-reactive ketones (excluding diaryl/α,β-unsaturated/α-hetero) is 1. The summed E-state index contributed by atoms with van der Waals surface area (Å²) in [6.45, 7) is 41.4. The molecule has 0 aromatic rings. The van der Waals surface area contributed by atoms with E-state index in [9.17, 15) is 9.90 Å². The molecule has 6 heteroatoms. The number of carbonyl (C=O) groups is 1. The Morgan fingerprint density at radius 1 is 0.373 bits per heavy atom. The Bertz CT molecular complexity index is 791. The molecule has 0 spiro atoms. The van der Waals surface area contributed by atoms with Crippen molar-refractivity contribution >= 4 is 5.78 Å². The first-order chi connectivity index (χ1) is 22.4. The summed E-state index contributed by atoms with van der Waals surface area (Å²) >= 11 is 0. The van der Waals surface area contributed by atoms with Crippen LogP contribution in [0.5, 0.6) is 0 Å². The van der Waals surface area contributed by atoms with Gasteiger partial charge in [0, 0.05) is 72.7 Å². The molecule has 0 aromatic heterocycles. The first-order valence-corrected chi connectivity index (χ1v) is 20.4. The van der Waals surface area contributed by atoms with Gasteiger partial charge in [0.2, 0.25) is 0 Å². The van der Waals surface area contributed by atoms with Crippen LogP contribution in [0.1, 0.15) is 139 Å². The highest BCUT2D eigenvalue weighted by Gasteiger charge is 2.41. The molecule has 0 radical (unpaired) electrons. The minimum absolute atomic E-state index is 0. The molecule has 6 nitrogen and oxygen atoms in total. The van der Waals surface area contributed by atoms with Gasteiger partial charge in [-0.3, -0.25) is 9.69 Å². The monoisotopic (exact) mass is 725 g/mol. The van der Waals surface area contributed by atoms with E-state index < -0.39 is 0 Å². The normalized spacial score (nSPS) is 46.8. The highest BCUT2D eigenvalue weighted by molar-refractivity contribution is 5.84. The van der Waals surface area contributed by atoms with Crippen molar-refractivity contribution in [1.29, 1.82) is 0 Å². The second kappa shape index (κ2) is 22.1. The second-order valence-electron chi connectivity index (χ2n) is 18.3. The first-order valence-electron chi connectivity index (χ1n) is 20.4. The van der Waals surface area contributed by atoms with Crippen LogP contribution < -0.4 is 0 Å². The molecule has 4 heterocycles. The molecule has 0 aliphatic carbocycles. The lowest BCUT2D eigenvalue weighted by molar-refractivity contribution is -0.135. The number of aliphatic hydroxyl groups excluding tert-OH is 1. The summed E-state index contributed by atoms with van der Waals surface area (Å²) in [5.41, 5.74) is 0. The van der Waals surface area contributed by atoms with Crippen LogP contribution in [0.15, 0.2) is 0 Å². The number of rotatable bonds is 1. The molecule has 308 valence electrons. The van der Waals surface area contributed by atoms with Crippen LogP contribution in [0, 0.1) is 65.1 Å². The highest BCUT2D eigenvalue weighted by atomic mass is 16.3. The molecular weight excluding hydrogens is 629 g/mol. The van der Waals surface area contributed by atoms with Crippen LogP contribution in [-0.2, 0) is 4.79 Å². The molecule has 4 aliphatic heterocycles. The third kappa shape index (κ3) is 11.7. The topological polar surface area (TPSA) is 50.3 Å². The Morgan fingerprint density at radius 2 is 0.588 bits per heavy atom. The van der Waals surface area contributed by atoms with Crippen LogP contribution in [0.2, 0.25) is 0 Å². The largest absolute Gasteiger partial charge is 0.396 e. The average Bonchev–Trinajstić information content (AvgIpc) is 3.09. The fraction of sp³-hybridized carbons (Fsp3) is 0.978. The first kappa shape index (κ1) is 52.6. The van der Waals surface area contributed by atoms with Crippen molar-refractivity contribution in [3.8, 4) is 0 Å². The standard InChI is InChI=1S/C11H23NO.2C11H23N.C10H19NO.2CH4/c1-7-8(2)11(6-13)10(4)12(5)9(7)3;2*1-7-8(2)10(4)12(6)11(5)9(7)3;1-6-8(3)11(5)9(4)7(2)10(6)12;;/h7-11,13H,6H2,1-5H3;2*7-11H,1-6H3;6-9H,1-5H3;2*1H4/t7?,8?,9?,10?,11-;7?,8-,9?,10?,11?;;;;/m10..../s1. The Hall–Kier alpha value is -0.530.